The maximum atomic E-state index is 12.8. The van der Waals surface area contributed by atoms with Crippen LogP contribution in [0.2, 0.25) is 0 Å². The molecule has 1 unspecified atom stereocenters. The molecule has 0 radical (unpaired) electrons. The van der Waals surface area contributed by atoms with Crippen LogP contribution in [0.3, 0.4) is 0 Å². The summed E-state index contributed by atoms with van der Waals surface area (Å²) in [6.45, 7) is 3.87. The first-order valence-corrected chi connectivity index (χ1v) is 12.1. The Bertz CT molecular complexity index is 1200. The van der Waals surface area contributed by atoms with Gasteiger partial charge in [0.05, 0.1) is 25.6 Å². The number of rotatable bonds is 9. The Morgan fingerprint density at radius 3 is 2.50 bits per heavy atom. The molecule has 1 N–H and O–H groups in total. The Balaban J connectivity index is 1.69. The van der Waals surface area contributed by atoms with Gasteiger partial charge in [-0.1, -0.05) is 42.5 Å². The van der Waals surface area contributed by atoms with Crippen LogP contribution in [0.5, 0.6) is 11.5 Å². The van der Waals surface area contributed by atoms with Gasteiger partial charge in [0.1, 0.15) is 24.1 Å². The highest BCUT2D eigenvalue weighted by Gasteiger charge is 2.31. The van der Waals surface area contributed by atoms with E-state index >= 15 is 0 Å². The van der Waals surface area contributed by atoms with Crippen LogP contribution in [0.15, 0.2) is 60.7 Å². The molecule has 0 aliphatic carbocycles. The third-order valence-corrected chi connectivity index (χ3v) is 6.30. The quantitative estimate of drug-likeness (QED) is 0.498. The van der Waals surface area contributed by atoms with E-state index < -0.39 is 22.0 Å². The van der Waals surface area contributed by atoms with Gasteiger partial charge >= 0.3 is 0 Å². The van der Waals surface area contributed by atoms with Crippen molar-refractivity contribution in [3.8, 4) is 11.5 Å². The first-order chi connectivity index (χ1) is 15.2. The Labute approximate surface area is 189 Å². The highest BCUT2D eigenvalue weighted by molar-refractivity contribution is 7.92. The van der Waals surface area contributed by atoms with Crippen molar-refractivity contribution in [2.24, 2.45) is 0 Å². The molecule has 0 fully saturated rings. The first-order valence-electron chi connectivity index (χ1n) is 10.2. The van der Waals surface area contributed by atoms with Crippen molar-refractivity contribution in [2.75, 3.05) is 30.8 Å². The molecule has 32 heavy (non-hydrogen) atoms. The summed E-state index contributed by atoms with van der Waals surface area (Å²) in [4.78, 5) is 12.8. The predicted octanol–water partition coefficient (Wildman–Crippen LogP) is 3.51. The SMILES string of the molecule is COc1ccc(C)cc1N(C(C)C(=O)NCCOc1cccc2ccccc12)S(C)(=O)=O. The lowest BCUT2D eigenvalue weighted by atomic mass is 10.1. The second-order valence-electron chi connectivity index (χ2n) is 7.53. The van der Waals surface area contributed by atoms with Gasteiger partial charge in [0, 0.05) is 5.39 Å². The molecule has 0 saturated heterocycles. The minimum Gasteiger partial charge on any atom is -0.495 e. The van der Waals surface area contributed by atoms with Gasteiger partial charge in [-0.3, -0.25) is 9.10 Å². The van der Waals surface area contributed by atoms with Gasteiger partial charge in [0.25, 0.3) is 0 Å². The fraction of sp³-hybridized carbons (Fsp3) is 0.292. The number of hydrogen-bond acceptors (Lipinski definition) is 5. The summed E-state index contributed by atoms with van der Waals surface area (Å²) in [6.07, 6.45) is 1.07. The minimum absolute atomic E-state index is 0.231. The van der Waals surface area contributed by atoms with Crippen LogP contribution in [-0.2, 0) is 14.8 Å². The van der Waals surface area contributed by atoms with E-state index in [-0.39, 0.29) is 13.2 Å². The zero-order valence-corrected chi connectivity index (χ0v) is 19.5. The Kier molecular flexibility index (Phi) is 7.25. The Morgan fingerprint density at radius 2 is 1.78 bits per heavy atom. The topological polar surface area (TPSA) is 84.9 Å². The van der Waals surface area contributed by atoms with Gasteiger partial charge in [-0.05, 0) is 43.0 Å². The molecule has 170 valence electrons. The molecule has 0 aliphatic rings. The predicted molar refractivity (Wildman–Crippen MR) is 127 cm³/mol. The molecule has 8 heteroatoms. The van der Waals surface area contributed by atoms with Gasteiger partial charge in [-0.25, -0.2) is 8.42 Å². The second kappa shape index (κ2) is 9.91. The van der Waals surface area contributed by atoms with Crippen molar-refractivity contribution in [3.05, 3.63) is 66.2 Å². The van der Waals surface area contributed by atoms with E-state index in [1.807, 2.05) is 55.5 Å². The van der Waals surface area contributed by atoms with E-state index in [4.69, 9.17) is 9.47 Å². The number of nitrogens with zero attached hydrogens (tertiary/aromatic N) is 1. The van der Waals surface area contributed by atoms with Crippen LogP contribution in [0.4, 0.5) is 5.69 Å². The maximum absolute atomic E-state index is 12.8. The number of amides is 1. The molecule has 0 spiro atoms. The monoisotopic (exact) mass is 456 g/mol. The number of carbonyl (C=O) groups is 1. The molecule has 0 bridgehead atoms. The summed E-state index contributed by atoms with van der Waals surface area (Å²) in [5.74, 6) is 0.674. The number of carbonyl (C=O) groups excluding carboxylic acids is 1. The highest BCUT2D eigenvalue weighted by Crippen LogP contribution is 2.32. The zero-order chi connectivity index (χ0) is 23.3. The summed E-state index contributed by atoms with van der Waals surface area (Å²) in [6, 6.07) is 17.9. The van der Waals surface area contributed by atoms with E-state index in [2.05, 4.69) is 5.32 Å². The average Bonchev–Trinajstić information content (AvgIpc) is 2.76. The summed E-state index contributed by atoms with van der Waals surface area (Å²) in [7, 11) is -2.29. The Morgan fingerprint density at radius 1 is 1.06 bits per heavy atom. The van der Waals surface area contributed by atoms with Crippen LogP contribution in [0.1, 0.15) is 12.5 Å². The number of sulfonamides is 1. The van der Waals surface area contributed by atoms with Gasteiger partial charge in [0.15, 0.2) is 0 Å². The van der Waals surface area contributed by atoms with E-state index in [1.165, 1.54) is 7.11 Å². The molecule has 0 heterocycles. The van der Waals surface area contributed by atoms with E-state index in [9.17, 15) is 13.2 Å². The molecule has 0 aliphatic heterocycles. The van der Waals surface area contributed by atoms with Crippen LogP contribution in [-0.4, -0.2) is 46.9 Å². The van der Waals surface area contributed by atoms with Crippen LogP contribution >= 0.6 is 0 Å². The summed E-state index contributed by atoms with van der Waals surface area (Å²) in [5.41, 5.74) is 1.18. The molecular weight excluding hydrogens is 428 g/mol. The summed E-state index contributed by atoms with van der Waals surface area (Å²) >= 11 is 0. The molecule has 1 atom stereocenters. The molecule has 3 rings (SSSR count). The third kappa shape index (κ3) is 5.31. The van der Waals surface area contributed by atoms with Crippen molar-refractivity contribution in [3.63, 3.8) is 0 Å². The van der Waals surface area contributed by atoms with Crippen molar-refractivity contribution < 1.29 is 22.7 Å². The highest BCUT2D eigenvalue weighted by atomic mass is 32.2. The van der Waals surface area contributed by atoms with Gasteiger partial charge in [-0.2, -0.15) is 0 Å². The van der Waals surface area contributed by atoms with E-state index in [0.717, 1.165) is 32.6 Å². The fourth-order valence-corrected chi connectivity index (χ4v) is 4.73. The molecule has 3 aromatic carbocycles. The lowest BCUT2D eigenvalue weighted by Crippen LogP contribution is -2.48. The maximum Gasteiger partial charge on any atom is 0.243 e. The standard InChI is InChI=1S/C24H28N2O5S/c1-17-12-13-23(30-3)21(16-17)26(32(4,28)29)18(2)24(27)25-14-15-31-22-11-7-9-19-8-5-6-10-20(19)22/h5-13,16,18H,14-15H2,1-4H3,(H,25,27). The lowest BCUT2D eigenvalue weighted by Gasteiger charge is -2.29. The molecular formula is C24H28N2O5S. The Hall–Kier alpha value is -3.26. The van der Waals surface area contributed by atoms with Crippen LogP contribution in [0, 0.1) is 6.92 Å². The number of benzene rings is 3. The third-order valence-electron chi connectivity index (χ3n) is 5.07. The van der Waals surface area contributed by atoms with E-state index in [1.54, 1.807) is 19.1 Å². The number of ether oxygens (including phenoxy) is 2. The first kappa shape index (κ1) is 23.4. The normalized spacial score (nSPS) is 12.2. The molecule has 7 nitrogen and oxygen atoms in total. The lowest BCUT2D eigenvalue weighted by molar-refractivity contribution is -0.121. The van der Waals surface area contributed by atoms with Crippen molar-refractivity contribution in [2.45, 2.75) is 19.9 Å². The van der Waals surface area contributed by atoms with Gasteiger partial charge in [-0.15, -0.1) is 0 Å². The molecule has 0 saturated carbocycles. The van der Waals surface area contributed by atoms with Crippen molar-refractivity contribution >= 4 is 32.4 Å². The zero-order valence-electron chi connectivity index (χ0n) is 18.7. The number of methoxy groups -OCH3 is 1. The van der Waals surface area contributed by atoms with Gasteiger partial charge in [0.2, 0.25) is 15.9 Å². The van der Waals surface area contributed by atoms with Crippen LogP contribution < -0.4 is 19.1 Å². The molecule has 3 aromatic rings. The van der Waals surface area contributed by atoms with Gasteiger partial charge < -0.3 is 14.8 Å². The van der Waals surface area contributed by atoms with E-state index in [0.29, 0.717) is 11.4 Å². The summed E-state index contributed by atoms with van der Waals surface area (Å²) in [5, 5.41) is 4.82. The number of hydrogen-bond donors (Lipinski definition) is 1. The fourth-order valence-electron chi connectivity index (χ4n) is 3.56. The number of nitrogens with one attached hydrogen (secondary N) is 1. The van der Waals surface area contributed by atoms with Crippen LogP contribution in [0.25, 0.3) is 10.8 Å². The number of aryl methyl sites for hydroxylation is 1. The smallest absolute Gasteiger partial charge is 0.243 e. The molecule has 0 aromatic heterocycles. The summed E-state index contributed by atoms with van der Waals surface area (Å²) < 4.78 is 37.4. The molecule has 1 amide bonds. The number of anilines is 1. The second-order valence-corrected chi connectivity index (χ2v) is 9.39. The average molecular weight is 457 g/mol. The minimum atomic E-state index is -3.75. The number of fused-ring (bicyclic) bond motifs is 1. The largest absolute Gasteiger partial charge is 0.495 e. The van der Waals surface area contributed by atoms with Crippen molar-refractivity contribution in [1.29, 1.82) is 0 Å². The van der Waals surface area contributed by atoms with Crippen molar-refractivity contribution in [1.82, 2.24) is 5.32 Å².